The SMILES string of the molecule is C=C(C(=O)OCC)c1ccccc1.C=C(C)C(=O)OCCOCCOC. The molecule has 6 heteroatoms. The molecule has 0 spiro atoms. The summed E-state index contributed by atoms with van der Waals surface area (Å²) in [6.45, 7) is 12.6. The fourth-order valence-electron chi connectivity index (χ4n) is 1.54. The minimum absolute atomic E-state index is 0.259. The fraction of sp³-hybridized carbons (Fsp3) is 0.400. The lowest BCUT2D eigenvalue weighted by molar-refractivity contribution is -0.140. The molecule has 0 aliphatic heterocycles. The monoisotopic (exact) mass is 364 g/mol. The maximum atomic E-state index is 11.2. The topological polar surface area (TPSA) is 71.1 Å². The molecule has 0 aliphatic carbocycles. The van der Waals surface area contributed by atoms with Crippen LogP contribution in [-0.2, 0) is 28.5 Å². The van der Waals surface area contributed by atoms with Crippen LogP contribution in [-0.4, -0.2) is 52.1 Å². The van der Waals surface area contributed by atoms with E-state index in [1.807, 2.05) is 30.3 Å². The third-order valence-electron chi connectivity index (χ3n) is 2.89. The van der Waals surface area contributed by atoms with Crippen LogP contribution in [0, 0.1) is 0 Å². The van der Waals surface area contributed by atoms with E-state index in [-0.39, 0.29) is 18.5 Å². The van der Waals surface area contributed by atoms with Gasteiger partial charge in [0.25, 0.3) is 0 Å². The van der Waals surface area contributed by atoms with Gasteiger partial charge in [0, 0.05) is 12.7 Å². The van der Waals surface area contributed by atoms with E-state index in [1.54, 1.807) is 21.0 Å². The van der Waals surface area contributed by atoms with E-state index >= 15 is 0 Å². The summed E-state index contributed by atoms with van der Waals surface area (Å²) < 4.78 is 19.4. The summed E-state index contributed by atoms with van der Waals surface area (Å²) in [6, 6.07) is 9.28. The number of rotatable bonds is 10. The Labute approximate surface area is 155 Å². The van der Waals surface area contributed by atoms with Crippen LogP contribution in [0.5, 0.6) is 0 Å². The quantitative estimate of drug-likeness (QED) is 0.361. The number of methoxy groups -OCH3 is 1. The number of benzene rings is 1. The van der Waals surface area contributed by atoms with Crippen molar-refractivity contribution in [3.8, 4) is 0 Å². The smallest absolute Gasteiger partial charge is 0.338 e. The molecule has 0 aromatic heterocycles. The molecule has 0 unspecified atom stereocenters. The molecule has 0 heterocycles. The molecule has 0 N–H and O–H groups in total. The molecule has 0 saturated carbocycles. The van der Waals surface area contributed by atoms with Crippen LogP contribution < -0.4 is 0 Å². The Morgan fingerprint density at radius 3 is 2.08 bits per heavy atom. The van der Waals surface area contributed by atoms with E-state index in [4.69, 9.17) is 18.9 Å². The van der Waals surface area contributed by atoms with Crippen molar-refractivity contribution in [3.05, 3.63) is 54.6 Å². The molecule has 0 radical (unpaired) electrons. The first-order valence-electron chi connectivity index (χ1n) is 8.24. The largest absolute Gasteiger partial charge is 0.462 e. The second-order valence-electron chi connectivity index (χ2n) is 5.09. The number of ether oxygens (including phenoxy) is 4. The predicted molar refractivity (Wildman–Crippen MR) is 101 cm³/mol. The Kier molecular flexibility index (Phi) is 13.5. The molecular weight excluding hydrogens is 336 g/mol. The molecule has 144 valence electrons. The van der Waals surface area contributed by atoms with Gasteiger partial charge in [-0.3, -0.25) is 0 Å². The lowest BCUT2D eigenvalue weighted by atomic mass is 10.1. The van der Waals surface area contributed by atoms with E-state index < -0.39 is 0 Å². The fourth-order valence-corrected chi connectivity index (χ4v) is 1.54. The average molecular weight is 364 g/mol. The van der Waals surface area contributed by atoms with Gasteiger partial charge in [0.2, 0.25) is 0 Å². The van der Waals surface area contributed by atoms with Crippen molar-refractivity contribution in [3.63, 3.8) is 0 Å². The summed E-state index contributed by atoms with van der Waals surface area (Å²) in [5.41, 5.74) is 1.61. The van der Waals surface area contributed by atoms with Crippen molar-refractivity contribution in [2.75, 3.05) is 40.1 Å². The molecule has 0 saturated heterocycles. The molecular formula is C20H28O6. The number of esters is 2. The van der Waals surface area contributed by atoms with Crippen LogP contribution in [0.25, 0.3) is 5.57 Å². The molecule has 0 fully saturated rings. The summed E-state index contributed by atoms with van der Waals surface area (Å²) in [4.78, 5) is 22.1. The zero-order chi connectivity index (χ0) is 19.8. The highest BCUT2D eigenvalue weighted by Gasteiger charge is 2.08. The third kappa shape index (κ3) is 11.2. The lowest BCUT2D eigenvalue weighted by Crippen LogP contribution is -2.12. The second-order valence-corrected chi connectivity index (χ2v) is 5.09. The van der Waals surface area contributed by atoms with Crippen molar-refractivity contribution in [2.45, 2.75) is 13.8 Å². The first-order valence-corrected chi connectivity index (χ1v) is 8.24. The molecule has 0 bridgehead atoms. The molecule has 1 aromatic carbocycles. The average Bonchev–Trinajstić information content (AvgIpc) is 2.65. The van der Waals surface area contributed by atoms with Gasteiger partial charge in [0.1, 0.15) is 6.61 Å². The minimum Gasteiger partial charge on any atom is -0.462 e. The third-order valence-corrected chi connectivity index (χ3v) is 2.89. The van der Waals surface area contributed by atoms with E-state index in [9.17, 15) is 9.59 Å². The molecule has 26 heavy (non-hydrogen) atoms. The highest BCUT2D eigenvalue weighted by atomic mass is 16.6. The van der Waals surface area contributed by atoms with Gasteiger partial charge < -0.3 is 18.9 Å². The molecule has 6 nitrogen and oxygen atoms in total. The van der Waals surface area contributed by atoms with E-state index in [0.29, 0.717) is 37.6 Å². The van der Waals surface area contributed by atoms with Crippen molar-refractivity contribution in [2.24, 2.45) is 0 Å². The first-order chi connectivity index (χ1) is 12.4. The van der Waals surface area contributed by atoms with Gasteiger partial charge in [-0.15, -0.1) is 0 Å². The van der Waals surface area contributed by atoms with Crippen molar-refractivity contribution >= 4 is 17.5 Å². The Hall–Kier alpha value is -2.44. The summed E-state index contributed by atoms with van der Waals surface area (Å²) in [5.74, 6) is -0.732. The van der Waals surface area contributed by atoms with Gasteiger partial charge in [0.05, 0.1) is 32.0 Å². The molecule has 1 rings (SSSR count). The zero-order valence-corrected chi connectivity index (χ0v) is 15.8. The van der Waals surface area contributed by atoms with Gasteiger partial charge in [-0.25, -0.2) is 9.59 Å². The number of carbonyl (C=O) groups is 2. The van der Waals surface area contributed by atoms with Gasteiger partial charge >= 0.3 is 11.9 Å². The Morgan fingerprint density at radius 1 is 0.923 bits per heavy atom. The number of hydrogen-bond donors (Lipinski definition) is 0. The summed E-state index contributed by atoms with van der Waals surface area (Å²) >= 11 is 0. The van der Waals surface area contributed by atoms with Gasteiger partial charge in [-0.2, -0.15) is 0 Å². The molecule has 0 aliphatic rings. The Morgan fingerprint density at radius 2 is 1.54 bits per heavy atom. The molecule has 1 aromatic rings. The molecule has 0 atom stereocenters. The zero-order valence-electron chi connectivity index (χ0n) is 15.8. The van der Waals surface area contributed by atoms with Gasteiger partial charge in [0.15, 0.2) is 0 Å². The lowest BCUT2D eigenvalue weighted by Gasteiger charge is -2.04. The first kappa shape index (κ1) is 23.6. The van der Waals surface area contributed by atoms with E-state index in [2.05, 4.69) is 13.2 Å². The van der Waals surface area contributed by atoms with Crippen molar-refractivity contribution < 1.29 is 28.5 Å². The van der Waals surface area contributed by atoms with Crippen LogP contribution in [0.1, 0.15) is 19.4 Å². The standard InChI is InChI=1S/C11H12O2.C9H16O4/c1-3-13-11(12)9(2)10-7-5-4-6-8-10;1-8(2)9(10)13-7-6-12-5-4-11-3/h4-8H,2-3H2,1H3;1,4-7H2,2-3H3. The van der Waals surface area contributed by atoms with E-state index in [0.717, 1.165) is 5.56 Å². The maximum Gasteiger partial charge on any atom is 0.338 e. The number of hydrogen-bond acceptors (Lipinski definition) is 6. The Bertz CT molecular complexity index is 565. The number of carbonyl (C=O) groups excluding carboxylic acids is 2. The summed E-state index contributed by atoms with van der Waals surface area (Å²) in [6.07, 6.45) is 0. The van der Waals surface area contributed by atoms with Crippen LogP contribution in [0.4, 0.5) is 0 Å². The predicted octanol–water partition coefficient (Wildman–Crippen LogP) is 3.03. The Balaban J connectivity index is 0.000000481. The van der Waals surface area contributed by atoms with Crippen LogP contribution >= 0.6 is 0 Å². The second kappa shape index (κ2) is 14.9. The van der Waals surface area contributed by atoms with Crippen LogP contribution in [0.3, 0.4) is 0 Å². The van der Waals surface area contributed by atoms with Crippen LogP contribution in [0.15, 0.2) is 49.1 Å². The van der Waals surface area contributed by atoms with Crippen LogP contribution in [0.2, 0.25) is 0 Å². The minimum atomic E-state index is -0.379. The van der Waals surface area contributed by atoms with Gasteiger partial charge in [-0.1, -0.05) is 43.5 Å². The molecule has 0 amide bonds. The maximum absolute atomic E-state index is 11.2. The normalized spacial score (nSPS) is 9.50. The summed E-state index contributed by atoms with van der Waals surface area (Å²) in [7, 11) is 1.60. The van der Waals surface area contributed by atoms with Gasteiger partial charge in [-0.05, 0) is 19.4 Å². The highest BCUT2D eigenvalue weighted by Crippen LogP contribution is 2.12. The van der Waals surface area contributed by atoms with Crippen molar-refractivity contribution in [1.82, 2.24) is 0 Å². The highest BCUT2D eigenvalue weighted by molar-refractivity contribution is 6.15. The van der Waals surface area contributed by atoms with E-state index in [1.165, 1.54) is 0 Å². The van der Waals surface area contributed by atoms with Crippen molar-refractivity contribution in [1.29, 1.82) is 0 Å². The summed E-state index contributed by atoms with van der Waals surface area (Å²) in [5, 5.41) is 0.